The van der Waals surface area contributed by atoms with Gasteiger partial charge in [0.2, 0.25) is 0 Å². The second-order valence-electron chi connectivity index (χ2n) is 5.58. The molecule has 7 nitrogen and oxygen atoms in total. The van der Waals surface area contributed by atoms with Gasteiger partial charge in [-0.2, -0.15) is 5.10 Å². The molecule has 0 bridgehead atoms. The van der Waals surface area contributed by atoms with E-state index in [2.05, 4.69) is 25.7 Å². The minimum atomic E-state index is -0.245. The van der Waals surface area contributed by atoms with Crippen LogP contribution in [0.2, 0.25) is 0 Å². The molecule has 0 unspecified atom stereocenters. The molecule has 0 atom stereocenters. The molecule has 1 amide bonds. The number of hydrogen-bond acceptors (Lipinski definition) is 6. The number of nitrogens with zero attached hydrogens (tertiary/aromatic N) is 5. The van der Waals surface area contributed by atoms with Gasteiger partial charge in [-0.15, -0.1) is 10.2 Å². The van der Waals surface area contributed by atoms with Crippen LogP contribution in [0.3, 0.4) is 0 Å². The lowest BCUT2D eigenvalue weighted by Gasteiger charge is -2.05. The fourth-order valence-electron chi connectivity index (χ4n) is 2.16. The SMILES string of the molecule is C/C(=N\NC(=O)c1ccc(CSc2nncn2C)cc1)c1ccncc1. The molecule has 0 aliphatic rings. The predicted octanol–water partition coefficient (Wildman–Crippen LogP) is 2.66. The van der Waals surface area contributed by atoms with Gasteiger partial charge in [0.15, 0.2) is 5.16 Å². The Kier molecular flexibility index (Phi) is 5.75. The molecule has 3 aromatic rings. The second-order valence-corrected chi connectivity index (χ2v) is 6.53. The maximum atomic E-state index is 12.2. The Hall–Kier alpha value is -3.00. The Morgan fingerprint density at radius 3 is 2.54 bits per heavy atom. The van der Waals surface area contributed by atoms with Crippen molar-refractivity contribution >= 4 is 23.4 Å². The van der Waals surface area contributed by atoms with Gasteiger partial charge in [-0.3, -0.25) is 9.78 Å². The fourth-order valence-corrected chi connectivity index (χ4v) is 3.00. The number of carbonyl (C=O) groups excluding carboxylic acids is 1. The summed E-state index contributed by atoms with van der Waals surface area (Å²) in [4.78, 5) is 16.2. The zero-order chi connectivity index (χ0) is 18.4. The lowest BCUT2D eigenvalue weighted by Crippen LogP contribution is -2.19. The Labute approximate surface area is 155 Å². The topological polar surface area (TPSA) is 85.1 Å². The molecule has 1 N–H and O–H groups in total. The first-order chi connectivity index (χ1) is 12.6. The molecule has 132 valence electrons. The number of benzene rings is 1. The van der Waals surface area contributed by atoms with E-state index in [0.29, 0.717) is 5.56 Å². The smallest absolute Gasteiger partial charge is 0.271 e. The van der Waals surface area contributed by atoms with Crippen molar-refractivity contribution in [2.75, 3.05) is 0 Å². The van der Waals surface area contributed by atoms with E-state index < -0.39 is 0 Å². The average Bonchev–Trinajstić information content (AvgIpc) is 3.10. The first-order valence-corrected chi connectivity index (χ1v) is 8.93. The molecule has 0 spiro atoms. The molecule has 2 aromatic heterocycles. The summed E-state index contributed by atoms with van der Waals surface area (Å²) in [5.41, 5.74) is 5.88. The number of carbonyl (C=O) groups is 1. The monoisotopic (exact) mass is 366 g/mol. The zero-order valence-corrected chi connectivity index (χ0v) is 15.3. The summed E-state index contributed by atoms with van der Waals surface area (Å²) in [7, 11) is 1.91. The van der Waals surface area contributed by atoms with Crippen molar-refractivity contribution < 1.29 is 4.79 Å². The van der Waals surface area contributed by atoms with E-state index in [1.54, 1.807) is 42.6 Å². The third-order valence-corrected chi connectivity index (χ3v) is 4.78. The van der Waals surface area contributed by atoms with Gasteiger partial charge in [-0.1, -0.05) is 23.9 Å². The van der Waals surface area contributed by atoms with Crippen LogP contribution >= 0.6 is 11.8 Å². The lowest BCUT2D eigenvalue weighted by atomic mass is 10.1. The number of thioether (sulfide) groups is 1. The van der Waals surface area contributed by atoms with Crippen molar-refractivity contribution in [3.05, 3.63) is 71.8 Å². The molecule has 0 aliphatic heterocycles. The maximum Gasteiger partial charge on any atom is 0.271 e. The summed E-state index contributed by atoms with van der Waals surface area (Å²) >= 11 is 1.59. The highest BCUT2D eigenvalue weighted by molar-refractivity contribution is 7.98. The summed E-state index contributed by atoms with van der Waals surface area (Å²) in [5, 5.41) is 12.9. The average molecular weight is 366 g/mol. The standard InChI is InChI=1S/C18H18N6OS/c1-13(15-7-9-19-10-8-15)21-22-17(25)16-5-3-14(4-6-16)11-26-18-23-20-12-24(18)2/h3-10,12H,11H2,1-2H3,(H,22,25)/b21-13+. The number of hydrogen-bond donors (Lipinski definition) is 1. The van der Waals surface area contributed by atoms with Gasteiger partial charge >= 0.3 is 0 Å². The van der Waals surface area contributed by atoms with Gasteiger partial charge in [-0.25, -0.2) is 5.43 Å². The van der Waals surface area contributed by atoms with Crippen LogP contribution in [-0.2, 0) is 12.8 Å². The Morgan fingerprint density at radius 1 is 1.15 bits per heavy atom. The summed E-state index contributed by atoms with van der Waals surface area (Å²) in [5.74, 6) is 0.513. The van der Waals surface area contributed by atoms with Crippen molar-refractivity contribution in [2.45, 2.75) is 17.8 Å². The number of rotatable bonds is 6. The van der Waals surface area contributed by atoms with Gasteiger partial charge in [0.05, 0.1) is 5.71 Å². The third kappa shape index (κ3) is 4.54. The van der Waals surface area contributed by atoms with Crippen molar-refractivity contribution in [3.63, 3.8) is 0 Å². The van der Waals surface area contributed by atoms with E-state index in [1.807, 2.05) is 42.8 Å². The Morgan fingerprint density at radius 2 is 1.88 bits per heavy atom. The highest BCUT2D eigenvalue weighted by Gasteiger charge is 2.06. The minimum Gasteiger partial charge on any atom is -0.312 e. The van der Waals surface area contributed by atoms with E-state index >= 15 is 0 Å². The number of nitrogens with one attached hydrogen (secondary N) is 1. The molecule has 0 saturated heterocycles. The molecule has 3 rings (SSSR count). The van der Waals surface area contributed by atoms with Gasteiger partial charge in [0.25, 0.3) is 5.91 Å². The van der Waals surface area contributed by atoms with E-state index in [1.165, 1.54) is 0 Å². The van der Waals surface area contributed by atoms with Gasteiger partial charge in [0.1, 0.15) is 6.33 Å². The summed E-state index contributed by atoms with van der Waals surface area (Å²) in [6.45, 7) is 1.84. The van der Waals surface area contributed by atoms with Crippen molar-refractivity contribution in [3.8, 4) is 0 Å². The van der Waals surface area contributed by atoms with Gasteiger partial charge in [-0.05, 0) is 36.8 Å². The third-order valence-electron chi connectivity index (χ3n) is 3.68. The van der Waals surface area contributed by atoms with Gasteiger partial charge < -0.3 is 4.57 Å². The molecule has 0 radical (unpaired) electrons. The summed E-state index contributed by atoms with van der Waals surface area (Å²) in [6, 6.07) is 11.1. The van der Waals surface area contributed by atoms with Crippen LogP contribution in [-0.4, -0.2) is 31.4 Å². The van der Waals surface area contributed by atoms with E-state index in [9.17, 15) is 4.79 Å². The Balaban J connectivity index is 1.57. The van der Waals surface area contributed by atoms with Crippen LogP contribution in [0.15, 0.2) is 65.4 Å². The van der Waals surface area contributed by atoms with Crippen LogP contribution in [0.5, 0.6) is 0 Å². The van der Waals surface area contributed by atoms with E-state index in [4.69, 9.17) is 0 Å². The van der Waals surface area contributed by atoms with Gasteiger partial charge in [0, 0.05) is 36.3 Å². The number of amides is 1. The summed E-state index contributed by atoms with van der Waals surface area (Å²) < 4.78 is 1.87. The van der Waals surface area contributed by atoms with Crippen LogP contribution < -0.4 is 5.43 Å². The summed E-state index contributed by atoms with van der Waals surface area (Å²) in [6.07, 6.45) is 5.05. The van der Waals surface area contributed by atoms with Crippen LogP contribution in [0.4, 0.5) is 0 Å². The largest absolute Gasteiger partial charge is 0.312 e. The first kappa shape index (κ1) is 17.8. The van der Waals surface area contributed by atoms with Crippen molar-refractivity contribution in [2.24, 2.45) is 12.1 Å². The first-order valence-electron chi connectivity index (χ1n) is 7.94. The van der Waals surface area contributed by atoms with Crippen molar-refractivity contribution in [1.82, 2.24) is 25.2 Å². The molecule has 1 aromatic carbocycles. The molecular formula is C18H18N6OS. The van der Waals surface area contributed by atoms with E-state index in [-0.39, 0.29) is 5.91 Å². The van der Waals surface area contributed by atoms with Crippen LogP contribution in [0, 0.1) is 0 Å². The number of hydrazone groups is 1. The molecule has 2 heterocycles. The minimum absolute atomic E-state index is 0.245. The lowest BCUT2D eigenvalue weighted by molar-refractivity contribution is 0.0955. The normalized spacial score (nSPS) is 11.4. The molecular weight excluding hydrogens is 348 g/mol. The zero-order valence-electron chi connectivity index (χ0n) is 14.5. The second kappa shape index (κ2) is 8.39. The highest BCUT2D eigenvalue weighted by Crippen LogP contribution is 2.20. The molecule has 0 fully saturated rings. The molecule has 0 aliphatic carbocycles. The number of aromatic nitrogens is 4. The number of pyridine rings is 1. The number of aryl methyl sites for hydroxylation is 1. The van der Waals surface area contributed by atoms with E-state index in [0.717, 1.165) is 27.7 Å². The van der Waals surface area contributed by atoms with Crippen LogP contribution in [0.25, 0.3) is 0 Å². The highest BCUT2D eigenvalue weighted by atomic mass is 32.2. The van der Waals surface area contributed by atoms with Crippen molar-refractivity contribution in [1.29, 1.82) is 0 Å². The molecule has 26 heavy (non-hydrogen) atoms. The molecule has 8 heteroatoms. The van der Waals surface area contributed by atoms with Crippen LogP contribution in [0.1, 0.15) is 28.4 Å². The Bertz CT molecular complexity index is 905. The predicted molar refractivity (Wildman–Crippen MR) is 101 cm³/mol. The fraction of sp³-hybridized carbons (Fsp3) is 0.167. The maximum absolute atomic E-state index is 12.2. The quantitative estimate of drug-likeness (QED) is 0.412. The molecule has 0 saturated carbocycles.